The van der Waals surface area contributed by atoms with E-state index in [4.69, 9.17) is 11.6 Å². The SMILES string of the molecule is CSc1c(O)ccc[n+]1C=CC(=O)c1ccc([N+](=O)[O-])cc1Cl. The molecule has 1 N–H and O–H groups in total. The first-order chi connectivity index (χ1) is 10.9. The molecule has 0 spiro atoms. The molecule has 0 atom stereocenters. The second kappa shape index (κ2) is 7.26. The molecule has 2 aromatic rings. The molecule has 0 aliphatic carbocycles. The van der Waals surface area contributed by atoms with Crippen LogP contribution in [0.2, 0.25) is 5.02 Å². The minimum Gasteiger partial charge on any atom is -0.502 e. The third kappa shape index (κ3) is 3.88. The summed E-state index contributed by atoms with van der Waals surface area (Å²) in [7, 11) is 0. The van der Waals surface area contributed by atoms with Crippen LogP contribution in [0.4, 0.5) is 5.69 Å². The number of ketones is 1. The number of nitrogens with zero attached hydrogens (tertiary/aromatic N) is 2. The number of non-ortho nitro benzene ring substituents is 1. The van der Waals surface area contributed by atoms with Gasteiger partial charge in [-0.25, -0.2) is 0 Å². The third-order valence-electron chi connectivity index (χ3n) is 2.96. The van der Waals surface area contributed by atoms with Crippen molar-refractivity contribution in [3.63, 3.8) is 0 Å². The predicted octanol–water partition coefficient (Wildman–Crippen LogP) is 3.32. The molecule has 1 aromatic carbocycles. The number of allylic oxidation sites excluding steroid dienone is 1. The number of hydrogen-bond acceptors (Lipinski definition) is 5. The molecule has 8 heteroatoms. The lowest BCUT2D eigenvalue weighted by Gasteiger charge is -2.00. The molecule has 1 heterocycles. The van der Waals surface area contributed by atoms with E-state index in [9.17, 15) is 20.0 Å². The number of halogens is 1. The van der Waals surface area contributed by atoms with Crippen LogP contribution in [0.5, 0.6) is 5.75 Å². The number of aromatic nitrogens is 1. The Bertz CT molecular complexity index is 808. The molecule has 118 valence electrons. The minimum atomic E-state index is -0.580. The van der Waals surface area contributed by atoms with Crippen LogP contribution in [0.15, 0.2) is 47.6 Å². The molecular weight excluding hydrogens is 340 g/mol. The highest BCUT2D eigenvalue weighted by Gasteiger charge is 2.15. The predicted molar refractivity (Wildman–Crippen MR) is 87.8 cm³/mol. The number of thioether (sulfide) groups is 1. The van der Waals surface area contributed by atoms with Crippen molar-refractivity contribution in [1.82, 2.24) is 0 Å². The second-order valence-electron chi connectivity index (χ2n) is 4.41. The molecule has 0 bridgehead atoms. The summed E-state index contributed by atoms with van der Waals surface area (Å²) in [6, 6.07) is 6.86. The summed E-state index contributed by atoms with van der Waals surface area (Å²) in [6.45, 7) is 0. The zero-order valence-corrected chi connectivity index (χ0v) is 13.5. The average molecular weight is 352 g/mol. The van der Waals surface area contributed by atoms with Crippen molar-refractivity contribution in [1.29, 1.82) is 0 Å². The summed E-state index contributed by atoms with van der Waals surface area (Å²) in [4.78, 5) is 22.3. The molecule has 0 aliphatic rings. The van der Waals surface area contributed by atoms with Gasteiger partial charge in [-0.1, -0.05) is 23.4 Å². The fourth-order valence-electron chi connectivity index (χ4n) is 1.88. The summed E-state index contributed by atoms with van der Waals surface area (Å²) in [5.41, 5.74) is -0.0115. The van der Waals surface area contributed by atoms with E-state index in [-0.39, 0.29) is 22.0 Å². The Balaban J connectivity index is 2.29. The van der Waals surface area contributed by atoms with E-state index in [0.29, 0.717) is 5.03 Å². The third-order valence-corrected chi connectivity index (χ3v) is 4.08. The van der Waals surface area contributed by atoms with Gasteiger partial charge in [0.05, 0.1) is 16.0 Å². The van der Waals surface area contributed by atoms with Gasteiger partial charge >= 0.3 is 0 Å². The van der Waals surface area contributed by atoms with Gasteiger partial charge in [-0.2, -0.15) is 4.57 Å². The highest BCUT2D eigenvalue weighted by atomic mass is 35.5. The Morgan fingerprint density at radius 1 is 1.43 bits per heavy atom. The van der Waals surface area contributed by atoms with E-state index in [0.717, 1.165) is 6.07 Å². The van der Waals surface area contributed by atoms with Gasteiger partial charge in [0.2, 0.25) is 0 Å². The smallest absolute Gasteiger partial charge is 0.287 e. The molecule has 0 amide bonds. The van der Waals surface area contributed by atoms with Crippen LogP contribution in [0, 0.1) is 10.1 Å². The quantitative estimate of drug-likeness (QED) is 0.223. The Kier molecular flexibility index (Phi) is 5.36. The topological polar surface area (TPSA) is 84.3 Å². The van der Waals surface area contributed by atoms with Crippen LogP contribution >= 0.6 is 23.4 Å². The monoisotopic (exact) mass is 351 g/mol. The molecule has 0 aliphatic heterocycles. The highest BCUT2D eigenvalue weighted by molar-refractivity contribution is 7.98. The molecule has 23 heavy (non-hydrogen) atoms. The van der Waals surface area contributed by atoms with Gasteiger partial charge in [-0.05, 0) is 18.4 Å². The maximum atomic E-state index is 12.2. The normalized spacial score (nSPS) is 10.9. The van der Waals surface area contributed by atoms with Crippen molar-refractivity contribution in [3.8, 4) is 5.75 Å². The number of carbonyl (C=O) groups is 1. The van der Waals surface area contributed by atoms with Crippen molar-refractivity contribution >= 4 is 41.0 Å². The Labute approximate surface area is 141 Å². The summed E-state index contributed by atoms with van der Waals surface area (Å²) >= 11 is 7.25. The van der Waals surface area contributed by atoms with Gasteiger partial charge in [0.25, 0.3) is 10.7 Å². The van der Waals surface area contributed by atoms with Crippen LogP contribution in [-0.4, -0.2) is 22.1 Å². The van der Waals surface area contributed by atoms with Gasteiger partial charge in [-0.15, -0.1) is 0 Å². The van der Waals surface area contributed by atoms with Crippen molar-refractivity contribution in [2.75, 3.05) is 6.26 Å². The standard InChI is InChI=1S/C15H11ClN2O4S/c1-23-15-14(20)3-2-7-17(15)8-6-13(19)11-5-4-10(18(21)22)9-12(11)16/h2-9H,1H3/p+1. The summed E-state index contributed by atoms with van der Waals surface area (Å²) in [5, 5.41) is 21.0. The highest BCUT2D eigenvalue weighted by Crippen LogP contribution is 2.24. The van der Waals surface area contributed by atoms with Gasteiger partial charge in [0.1, 0.15) is 0 Å². The Morgan fingerprint density at radius 2 is 2.17 bits per heavy atom. The number of hydrogen-bond donors (Lipinski definition) is 1. The van der Waals surface area contributed by atoms with Crippen molar-refractivity contribution in [2.45, 2.75) is 5.03 Å². The fraction of sp³-hybridized carbons (Fsp3) is 0.0667. The van der Waals surface area contributed by atoms with Gasteiger partial charge in [0, 0.05) is 23.8 Å². The minimum absolute atomic E-state index is 0.0137. The molecular formula is C15H12ClN2O4S+. The summed E-state index contributed by atoms with van der Waals surface area (Å²) < 4.78 is 1.59. The molecule has 0 saturated heterocycles. The molecule has 0 unspecified atom stereocenters. The number of benzene rings is 1. The fourth-order valence-corrected chi connectivity index (χ4v) is 2.76. The molecule has 0 fully saturated rings. The lowest BCUT2D eigenvalue weighted by atomic mass is 10.1. The van der Waals surface area contributed by atoms with Crippen LogP contribution in [0.1, 0.15) is 10.4 Å². The zero-order valence-electron chi connectivity index (χ0n) is 12.0. The molecule has 0 radical (unpaired) electrons. The Morgan fingerprint density at radius 3 is 2.78 bits per heavy atom. The number of aromatic hydroxyl groups is 1. The van der Waals surface area contributed by atoms with E-state index in [1.165, 1.54) is 36.2 Å². The number of rotatable bonds is 5. The first-order valence-corrected chi connectivity index (χ1v) is 7.98. The Hall–Kier alpha value is -2.38. The van der Waals surface area contributed by atoms with E-state index in [2.05, 4.69) is 0 Å². The van der Waals surface area contributed by atoms with E-state index >= 15 is 0 Å². The second-order valence-corrected chi connectivity index (χ2v) is 5.61. The van der Waals surface area contributed by atoms with Crippen molar-refractivity contribution < 1.29 is 19.4 Å². The lowest BCUT2D eigenvalue weighted by Crippen LogP contribution is -2.28. The number of carbonyl (C=O) groups excluding carboxylic acids is 1. The largest absolute Gasteiger partial charge is 0.502 e. The van der Waals surface area contributed by atoms with Crippen molar-refractivity contribution in [2.24, 2.45) is 0 Å². The van der Waals surface area contributed by atoms with Crippen LogP contribution in [0.3, 0.4) is 0 Å². The van der Waals surface area contributed by atoms with Crippen LogP contribution < -0.4 is 4.57 Å². The number of nitro benzene ring substituents is 1. The molecule has 6 nitrogen and oxygen atoms in total. The van der Waals surface area contributed by atoms with Gasteiger partial charge < -0.3 is 5.11 Å². The van der Waals surface area contributed by atoms with Gasteiger partial charge in [0.15, 0.2) is 23.9 Å². The van der Waals surface area contributed by atoms with E-state index in [1.807, 2.05) is 0 Å². The van der Waals surface area contributed by atoms with Gasteiger partial charge in [-0.3, -0.25) is 14.9 Å². The van der Waals surface area contributed by atoms with E-state index < -0.39 is 10.7 Å². The first-order valence-electron chi connectivity index (χ1n) is 6.37. The van der Waals surface area contributed by atoms with Crippen molar-refractivity contribution in [3.05, 3.63) is 63.3 Å². The summed E-state index contributed by atoms with van der Waals surface area (Å²) in [5.74, 6) is -0.293. The first kappa shape index (κ1) is 17.0. The molecule has 0 saturated carbocycles. The molecule has 2 rings (SSSR count). The van der Waals surface area contributed by atoms with E-state index in [1.54, 1.807) is 29.2 Å². The lowest BCUT2D eigenvalue weighted by molar-refractivity contribution is -0.610. The number of nitro groups is 1. The van der Waals surface area contributed by atoms with Crippen LogP contribution in [0.25, 0.3) is 6.20 Å². The molecule has 1 aromatic heterocycles. The van der Waals surface area contributed by atoms with Crippen LogP contribution in [-0.2, 0) is 0 Å². The number of pyridine rings is 1. The average Bonchev–Trinajstić information content (AvgIpc) is 2.52. The maximum absolute atomic E-state index is 12.2. The summed E-state index contributed by atoms with van der Waals surface area (Å²) in [6.07, 6.45) is 6.26. The zero-order chi connectivity index (χ0) is 17.0. The maximum Gasteiger partial charge on any atom is 0.287 e.